The van der Waals surface area contributed by atoms with Gasteiger partial charge in [0.2, 0.25) is 5.76 Å². The lowest BCUT2D eigenvalue weighted by atomic mass is 9.96. The lowest BCUT2D eigenvalue weighted by Crippen LogP contribution is -2.46. The highest BCUT2D eigenvalue weighted by Gasteiger charge is 2.35. The fraction of sp³-hybridized carbons (Fsp3) is 0.200. The summed E-state index contributed by atoms with van der Waals surface area (Å²) in [6, 6.07) is 5.16. The summed E-state index contributed by atoms with van der Waals surface area (Å²) in [5.41, 5.74) is 2.67. The van der Waals surface area contributed by atoms with Gasteiger partial charge in [-0.2, -0.15) is 13.2 Å². The fourth-order valence-corrected chi connectivity index (χ4v) is 2.87. The molecule has 9 nitrogen and oxygen atoms in total. The van der Waals surface area contributed by atoms with E-state index in [-0.39, 0.29) is 34.0 Å². The number of ether oxygens (including phenoxy) is 1. The summed E-state index contributed by atoms with van der Waals surface area (Å²) in [6.07, 6.45) is -3.54. The molecule has 0 bridgehead atoms. The van der Waals surface area contributed by atoms with E-state index in [2.05, 4.69) is 15.5 Å². The maximum absolute atomic E-state index is 14.5. The molecule has 174 valence electrons. The number of benzene rings is 1. The number of aryl methyl sites for hydroxylation is 1. The quantitative estimate of drug-likeness (QED) is 0.391. The maximum atomic E-state index is 14.5. The van der Waals surface area contributed by atoms with Crippen molar-refractivity contribution in [2.24, 2.45) is 0 Å². The highest BCUT2D eigenvalue weighted by Crippen LogP contribution is 2.39. The van der Waals surface area contributed by atoms with Crippen LogP contribution in [0.4, 0.5) is 22.4 Å². The Labute approximate surface area is 184 Å². The molecule has 3 rings (SSSR count). The van der Waals surface area contributed by atoms with Crippen LogP contribution in [0, 0.1) is 12.7 Å². The molecule has 2 aromatic heterocycles. The number of hydrogen-bond donors (Lipinski definition) is 3. The summed E-state index contributed by atoms with van der Waals surface area (Å²) >= 11 is 0. The molecule has 3 amide bonds. The van der Waals surface area contributed by atoms with E-state index in [4.69, 9.17) is 9.26 Å². The van der Waals surface area contributed by atoms with E-state index in [0.717, 1.165) is 12.3 Å². The topological polar surface area (TPSA) is 118 Å². The number of urea groups is 1. The van der Waals surface area contributed by atoms with Crippen molar-refractivity contribution in [1.82, 2.24) is 26.3 Å². The molecule has 0 atom stereocenters. The Morgan fingerprint density at radius 2 is 1.94 bits per heavy atom. The van der Waals surface area contributed by atoms with Gasteiger partial charge in [-0.3, -0.25) is 15.2 Å². The van der Waals surface area contributed by atoms with Gasteiger partial charge in [0.25, 0.3) is 5.88 Å². The van der Waals surface area contributed by atoms with Gasteiger partial charge in [-0.25, -0.2) is 14.6 Å². The molecule has 33 heavy (non-hydrogen) atoms. The SMILES string of the molecule is COc1cc(C(=O)NNC(=O)NCc2ncc(-c3cccc(C)c3C(F)(F)F)cc2F)on1. The van der Waals surface area contributed by atoms with Crippen LogP contribution in [-0.4, -0.2) is 29.2 Å². The predicted molar refractivity (Wildman–Crippen MR) is 105 cm³/mol. The molecule has 0 radical (unpaired) electrons. The maximum Gasteiger partial charge on any atom is 0.417 e. The second-order valence-corrected chi connectivity index (χ2v) is 6.64. The van der Waals surface area contributed by atoms with Crippen molar-refractivity contribution in [1.29, 1.82) is 0 Å². The minimum absolute atomic E-state index is 0.00589. The summed E-state index contributed by atoms with van der Waals surface area (Å²) in [5.74, 6) is -1.92. The first-order valence-corrected chi connectivity index (χ1v) is 9.26. The Morgan fingerprint density at radius 1 is 1.18 bits per heavy atom. The molecule has 2 heterocycles. The highest BCUT2D eigenvalue weighted by atomic mass is 19.4. The number of amides is 3. The third kappa shape index (κ3) is 5.56. The third-order valence-electron chi connectivity index (χ3n) is 4.41. The number of nitrogens with zero attached hydrogens (tertiary/aromatic N) is 2. The summed E-state index contributed by atoms with van der Waals surface area (Å²) in [4.78, 5) is 27.5. The fourth-order valence-electron chi connectivity index (χ4n) is 2.87. The van der Waals surface area contributed by atoms with E-state index < -0.39 is 36.0 Å². The monoisotopic (exact) mass is 467 g/mol. The van der Waals surface area contributed by atoms with Crippen molar-refractivity contribution >= 4 is 11.9 Å². The number of carbonyl (C=O) groups is 2. The van der Waals surface area contributed by atoms with Gasteiger partial charge in [0.05, 0.1) is 31.0 Å². The average molecular weight is 467 g/mol. The molecule has 0 spiro atoms. The molecule has 0 saturated heterocycles. The first kappa shape index (κ1) is 23.5. The second kappa shape index (κ2) is 9.54. The van der Waals surface area contributed by atoms with E-state index in [1.54, 1.807) is 0 Å². The number of alkyl halides is 3. The van der Waals surface area contributed by atoms with E-state index >= 15 is 0 Å². The minimum atomic E-state index is -4.63. The first-order valence-electron chi connectivity index (χ1n) is 9.26. The van der Waals surface area contributed by atoms with Gasteiger partial charge in [-0.05, 0) is 29.3 Å². The molecular weight excluding hydrogens is 450 g/mol. The first-order chi connectivity index (χ1) is 15.6. The summed E-state index contributed by atoms with van der Waals surface area (Å²) in [5, 5.41) is 5.67. The normalized spacial score (nSPS) is 11.1. The number of carbonyl (C=O) groups excluding carboxylic acids is 2. The summed E-state index contributed by atoms with van der Waals surface area (Å²) in [7, 11) is 1.32. The number of hydrogen-bond acceptors (Lipinski definition) is 6. The Hall–Kier alpha value is -4.16. The van der Waals surface area contributed by atoms with Gasteiger partial charge >= 0.3 is 18.1 Å². The van der Waals surface area contributed by atoms with Crippen LogP contribution in [-0.2, 0) is 12.7 Å². The van der Waals surface area contributed by atoms with Crippen molar-refractivity contribution < 1.29 is 36.4 Å². The van der Waals surface area contributed by atoms with Crippen molar-refractivity contribution in [2.45, 2.75) is 19.6 Å². The molecule has 1 aromatic carbocycles. The summed E-state index contributed by atoms with van der Waals surface area (Å²) in [6.45, 7) is 0.911. The average Bonchev–Trinajstić information content (AvgIpc) is 3.25. The van der Waals surface area contributed by atoms with E-state index in [1.165, 1.54) is 38.3 Å². The number of rotatable bonds is 5. The second-order valence-electron chi connectivity index (χ2n) is 6.64. The molecule has 0 saturated carbocycles. The zero-order valence-corrected chi connectivity index (χ0v) is 17.2. The van der Waals surface area contributed by atoms with Gasteiger partial charge < -0.3 is 14.6 Å². The number of hydrazine groups is 1. The molecule has 0 unspecified atom stereocenters. The van der Waals surface area contributed by atoms with E-state index in [1.807, 2.05) is 10.9 Å². The van der Waals surface area contributed by atoms with Crippen LogP contribution in [0.15, 0.2) is 41.1 Å². The predicted octanol–water partition coefficient (Wildman–Crippen LogP) is 3.36. The van der Waals surface area contributed by atoms with Crippen LogP contribution in [0.3, 0.4) is 0 Å². The molecule has 3 N–H and O–H groups in total. The van der Waals surface area contributed by atoms with Gasteiger partial charge in [-0.1, -0.05) is 18.2 Å². The molecule has 13 heteroatoms. The molecular formula is C20H17F4N5O4. The Balaban J connectivity index is 1.63. The van der Waals surface area contributed by atoms with Crippen molar-refractivity contribution in [3.05, 3.63) is 64.9 Å². The summed E-state index contributed by atoms with van der Waals surface area (Å²) < 4.78 is 64.2. The smallest absolute Gasteiger partial charge is 0.417 e. The van der Waals surface area contributed by atoms with Gasteiger partial charge in [0.1, 0.15) is 5.82 Å². The molecule has 0 aliphatic heterocycles. The Morgan fingerprint density at radius 3 is 2.58 bits per heavy atom. The standard InChI is InChI=1S/C20H17F4N5O4/c1-10-4-3-5-12(17(10)20(22,23)24)11-6-13(21)14(25-8-11)9-26-19(31)28-27-18(30)15-7-16(32-2)29-33-15/h3-8H,9H2,1-2H3,(H,27,30)(H2,26,28,31). The number of pyridine rings is 1. The third-order valence-corrected chi connectivity index (χ3v) is 4.41. The van der Waals surface area contributed by atoms with E-state index in [9.17, 15) is 27.2 Å². The van der Waals surface area contributed by atoms with Crippen LogP contribution >= 0.6 is 0 Å². The Kier molecular flexibility index (Phi) is 6.80. The van der Waals surface area contributed by atoms with Crippen molar-refractivity contribution in [2.75, 3.05) is 7.11 Å². The molecule has 0 fully saturated rings. The zero-order valence-electron chi connectivity index (χ0n) is 17.2. The van der Waals surface area contributed by atoms with Gasteiger partial charge in [0, 0.05) is 11.8 Å². The number of halogens is 4. The van der Waals surface area contributed by atoms with Crippen LogP contribution < -0.4 is 20.9 Å². The lowest BCUT2D eigenvalue weighted by molar-refractivity contribution is -0.137. The molecule has 0 aliphatic carbocycles. The van der Waals surface area contributed by atoms with Crippen LogP contribution in [0.1, 0.15) is 27.4 Å². The molecule has 3 aromatic rings. The van der Waals surface area contributed by atoms with Gasteiger partial charge in [0.15, 0.2) is 0 Å². The largest absolute Gasteiger partial charge is 0.479 e. The van der Waals surface area contributed by atoms with Crippen LogP contribution in [0.2, 0.25) is 0 Å². The Bertz CT molecular complexity index is 1180. The zero-order chi connectivity index (χ0) is 24.2. The number of methoxy groups -OCH3 is 1. The number of aromatic nitrogens is 2. The van der Waals surface area contributed by atoms with Crippen molar-refractivity contribution in [3.63, 3.8) is 0 Å². The van der Waals surface area contributed by atoms with Crippen LogP contribution in [0.5, 0.6) is 5.88 Å². The number of nitrogens with one attached hydrogen (secondary N) is 3. The highest BCUT2D eigenvalue weighted by molar-refractivity contribution is 5.92. The lowest BCUT2D eigenvalue weighted by Gasteiger charge is -2.16. The molecule has 0 aliphatic rings. The van der Waals surface area contributed by atoms with Crippen molar-refractivity contribution in [3.8, 4) is 17.0 Å². The van der Waals surface area contributed by atoms with Crippen LogP contribution in [0.25, 0.3) is 11.1 Å². The minimum Gasteiger partial charge on any atom is -0.479 e. The van der Waals surface area contributed by atoms with Gasteiger partial charge in [-0.15, -0.1) is 0 Å². The van der Waals surface area contributed by atoms with E-state index in [0.29, 0.717) is 0 Å².